The number of fused-ring (bicyclic) bond motifs is 2. The van der Waals surface area contributed by atoms with Crippen molar-refractivity contribution in [2.24, 2.45) is 5.92 Å². The second-order valence-electron chi connectivity index (χ2n) is 12.0. The lowest BCUT2D eigenvalue weighted by molar-refractivity contribution is -0.127. The van der Waals surface area contributed by atoms with Gasteiger partial charge in [-0.2, -0.15) is 5.10 Å². The third-order valence-electron chi connectivity index (χ3n) is 8.66. The van der Waals surface area contributed by atoms with Crippen LogP contribution in [-0.4, -0.2) is 63.8 Å². The fourth-order valence-corrected chi connectivity index (χ4v) is 6.92. The Hall–Kier alpha value is -3.96. The van der Waals surface area contributed by atoms with Crippen LogP contribution in [0.1, 0.15) is 55.6 Å². The van der Waals surface area contributed by atoms with Crippen LogP contribution in [0.25, 0.3) is 33.1 Å². The number of likely N-dealkylation sites (N-methyl/N-ethyl adjacent to an activating group) is 1. The lowest BCUT2D eigenvalue weighted by Gasteiger charge is -2.31. The fourth-order valence-electron chi connectivity index (χ4n) is 5.97. The zero-order chi connectivity index (χ0) is 31.7. The zero-order valence-corrected chi connectivity index (χ0v) is 26.3. The van der Waals surface area contributed by atoms with E-state index in [9.17, 15) is 9.18 Å². The van der Waals surface area contributed by atoms with E-state index >= 15 is 8.78 Å². The molecule has 0 bridgehead atoms. The molecule has 6 rings (SSSR count). The van der Waals surface area contributed by atoms with Gasteiger partial charge in [0.1, 0.15) is 23.2 Å². The number of allylic oxidation sites excluding steroid dienone is 4. The molecule has 0 saturated heterocycles. The van der Waals surface area contributed by atoms with Gasteiger partial charge in [-0.3, -0.25) is 9.48 Å². The molecule has 0 spiro atoms. The molecule has 236 valence electrons. The smallest absolute Gasteiger partial charge is 0.246 e. The first kappa shape index (κ1) is 31.0. The van der Waals surface area contributed by atoms with Crippen LogP contribution in [0.2, 0.25) is 0 Å². The van der Waals surface area contributed by atoms with Crippen LogP contribution in [-0.2, 0) is 16.1 Å². The van der Waals surface area contributed by atoms with Crippen molar-refractivity contribution < 1.29 is 22.7 Å². The molecule has 1 aliphatic carbocycles. The molecule has 1 saturated carbocycles. The molecule has 0 N–H and O–H groups in total. The number of aromatic nitrogens is 3. The molecule has 1 fully saturated rings. The Bertz CT molecular complexity index is 1750. The van der Waals surface area contributed by atoms with Crippen molar-refractivity contribution in [3.63, 3.8) is 0 Å². The standard InChI is InChI=1S/C34H36F3N5O2S/c1-4-30(43)41-17-21(2)42-26(18-41)16-29(39-42)33-27(15-25(36)14-24(35)10-13-44-19-22-6-5-7-22)31-28(37)20-45-34(31)32(38-33)23-8-11-40(3)12-9-23/h4,8,10,13-16,20-22H,1,5-7,9,11-12,17-19H2,2-3H3/b13-10+,24-14+,25-15?. The first-order chi connectivity index (χ1) is 21.7. The number of thiophene rings is 1. The molecule has 1 amide bonds. The molecule has 2 aliphatic heterocycles. The summed E-state index contributed by atoms with van der Waals surface area (Å²) in [5.74, 6) is -1.95. The average molecular weight is 636 g/mol. The summed E-state index contributed by atoms with van der Waals surface area (Å²) in [6, 6.07) is 1.66. The van der Waals surface area contributed by atoms with E-state index in [-0.39, 0.29) is 28.6 Å². The van der Waals surface area contributed by atoms with Crippen LogP contribution in [0.4, 0.5) is 13.2 Å². The molecule has 0 radical (unpaired) electrons. The Kier molecular flexibility index (Phi) is 9.09. The van der Waals surface area contributed by atoms with E-state index in [2.05, 4.69) is 17.6 Å². The van der Waals surface area contributed by atoms with Gasteiger partial charge < -0.3 is 14.5 Å². The normalized spacial score (nSPS) is 20.0. The topological polar surface area (TPSA) is 63.5 Å². The zero-order valence-electron chi connectivity index (χ0n) is 25.4. The number of rotatable bonds is 9. The molecule has 0 aromatic carbocycles. The minimum atomic E-state index is -0.905. The number of pyridine rings is 1. The molecule has 3 aliphatic rings. The predicted octanol–water partition coefficient (Wildman–Crippen LogP) is 7.60. The van der Waals surface area contributed by atoms with Gasteiger partial charge in [-0.05, 0) is 62.9 Å². The van der Waals surface area contributed by atoms with Crippen molar-refractivity contribution >= 4 is 39.0 Å². The predicted molar refractivity (Wildman–Crippen MR) is 172 cm³/mol. The summed E-state index contributed by atoms with van der Waals surface area (Å²) in [6.07, 6.45) is 11.6. The van der Waals surface area contributed by atoms with Gasteiger partial charge >= 0.3 is 0 Å². The highest BCUT2D eigenvalue weighted by molar-refractivity contribution is 7.17. The van der Waals surface area contributed by atoms with Crippen LogP contribution in [0.3, 0.4) is 0 Å². The summed E-state index contributed by atoms with van der Waals surface area (Å²) in [5.41, 5.74) is 3.26. The van der Waals surface area contributed by atoms with Crippen molar-refractivity contribution in [1.82, 2.24) is 24.6 Å². The average Bonchev–Trinajstić information content (AvgIpc) is 3.60. The Morgan fingerprint density at radius 3 is 2.78 bits per heavy atom. The molecule has 45 heavy (non-hydrogen) atoms. The summed E-state index contributed by atoms with van der Waals surface area (Å²) < 4.78 is 53.6. The van der Waals surface area contributed by atoms with E-state index in [1.165, 1.54) is 35.5 Å². The Labute approximate surface area is 264 Å². The minimum Gasteiger partial charge on any atom is -0.501 e. The summed E-state index contributed by atoms with van der Waals surface area (Å²) >= 11 is 1.21. The fraction of sp³-hybridized carbons (Fsp3) is 0.382. The third kappa shape index (κ3) is 6.55. The van der Waals surface area contributed by atoms with Gasteiger partial charge in [0, 0.05) is 48.1 Å². The number of carbonyl (C=O) groups is 1. The van der Waals surface area contributed by atoms with Crippen molar-refractivity contribution in [2.75, 3.05) is 33.3 Å². The van der Waals surface area contributed by atoms with Gasteiger partial charge in [-0.15, -0.1) is 11.3 Å². The maximum absolute atomic E-state index is 15.6. The van der Waals surface area contributed by atoms with E-state index in [0.29, 0.717) is 41.7 Å². The number of hydrogen-bond acceptors (Lipinski definition) is 6. The van der Waals surface area contributed by atoms with Gasteiger partial charge in [-0.1, -0.05) is 19.1 Å². The Morgan fingerprint density at radius 1 is 1.24 bits per heavy atom. The lowest BCUT2D eigenvalue weighted by atomic mass is 9.86. The summed E-state index contributed by atoms with van der Waals surface area (Å²) in [7, 11) is 2.03. The van der Waals surface area contributed by atoms with Crippen molar-refractivity contribution in [3.8, 4) is 11.4 Å². The van der Waals surface area contributed by atoms with E-state index in [1.54, 1.807) is 11.0 Å². The number of ether oxygens (including phenoxy) is 1. The van der Waals surface area contributed by atoms with Crippen LogP contribution >= 0.6 is 11.3 Å². The number of hydrogen-bond donors (Lipinski definition) is 0. The SMILES string of the molecule is C=CC(=O)N1Cc2cc(-c3nc(C4=CCN(C)CC4)c4scc(F)c4c3C=C(F)/C=C(F)\C=C\OCC3CCC3)nn2C(C)C1. The molecule has 3 aromatic heterocycles. The van der Waals surface area contributed by atoms with Gasteiger partial charge in [0.05, 0.1) is 47.2 Å². The highest BCUT2D eigenvalue weighted by atomic mass is 32.1. The van der Waals surface area contributed by atoms with Gasteiger partial charge in [-0.25, -0.2) is 18.2 Å². The van der Waals surface area contributed by atoms with Crippen LogP contribution in [0.5, 0.6) is 0 Å². The highest BCUT2D eigenvalue weighted by Crippen LogP contribution is 2.41. The summed E-state index contributed by atoms with van der Waals surface area (Å²) in [4.78, 5) is 21.3. The highest BCUT2D eigenvalue weighted by Gasteiger charge is 2.29. The summed E-state index contributed by atoms with van der Waals surface area (Å²) in [6.45, 7) is 8.36. The Balaban J connectivity index is 1.44. The monoisotopic (exact) mass is 635 g/mol. The van der Waals surface area contributed by atoms with Gasteiger partial charge in [0.2, 0.25) is 5.91 Å². The van der Waals surface area contributed by atoms with E-state index in [4.69, 9.17) is 14.8 Å². The molecule has 3 aromatic rings. The minimum absolute atomic E-state index is 0.143. The lowest BCUT2D eigenvalue weighted by Crippen LogP contribution is -2.39. The molecule has 11 heteroatoms. The quantitative estimate of drug-likeness (QED) is 0.138. The Morgan fingerprint density at radius 2 is 2.07 bits per heavy atom. The van der Waals surface area contributed by atoms with Gasteiger partial charge in [0.15, 0.2) is 0 Å². The number of halogens is 3. The van der Waals surface area contributed by atoms with Crippen LogP contribution in [0, 0.1) is 11.7 Å². The molecule has 5 heterocycles. The molecule has 1 atom stereocenters. The second kappa shape index (κ2) is 13.2. The maximum Gasteiger partial charge on any atom is 0.246 e. The van der Waals surface area contributed by atoms with E-state index in [0.717, 1.165) is 61.8 Å². The van der Waals surface area contributed by atoms with Crippen molar-refractivity contribution in [3.05, 3.63) is 83.0 Å². The van der Waals surface area contributed by atoms with Crippen LogP contribution in [0.15, 0.2) is 60.2 Å². The largest absolute Gasteiger partial charge is 0.501 e. The summed E-state index contributed by atoms with van der Waals surface area (Å²) in [5, 5.41) is 6.42. The molecular formula is C34H36F3N5O2S. The second-order valence-corrected chi connectivity index (χ2v) is 12.9. The molecular weight excluding hydrogens is 599 g/mol. The van der Waals surface area contributed by atoms with Crippen LogP contribution < -0.4 is 0 Å². The van der Waals surface area contributed by atoms with Crippen molar-refractivity contribution in [2.45, 2.75) is 45.2 Å². The third-order valence-corrected chi connectivity index (χ3v) is 9.62. The van der Waals surface area contributed by atoms with E-state index < -0.39 is 17.5 Å². The first-order valence-electron chi connectivity index (χ1n) is 15.2. The van der Waals surface area contributed by atoms with E-state index in [1.807, 2.05) is 18.7 Å². The van der Waals surface area contributed by atoms with Gasteiger partial charge in [0.25, 0.3) is 0 Å². The first-order valence-corrected chi connectivity index (χ1v) is 16.1. The maximum atomic E-state index is 15.6. The molecule has 7 nitrogen and oxygen atoms in total. The number of carbonyl (C=O) groups excluding carboxylic acids is 1. The molecule has 1 unspecified atom stereocenters. The number of amides is 1. The van der Waals surface area contributed by atoms with Crippen molar-refractivity contribution in [1.29, 1.82) is 0 Å². The number of nitrogens with zero attached hydrogens (tertiary/aromatic N) is 5.